The Morgan fingerprint density at radius 2 is 1.82 bits per heavy atom. The molecule has 5 rings (SSSR count). The summed E-state index contributed by atoms with van der Waals surface area (Å²) >= 11 is 6.23. The summed E-state index contributed by atoms with van der Waals surface area (Å²) in [7, 11) is 1.64. The van der Waals surface area contributed by atoms with Crippen LogP contribution in [0, 0.1) is 6.92 Å². The number of aromatic nitrogens is 3. The molecule has 3 heterocycles. The fourth-order valence-electron chi connectivity index (χ4n) is 5.08. The van der Waals surface area contributed by atoms with E-state index in [2.05, 4.69) is 16.9 Å². The van der Waals surface area contributed by atoms with E-state index in [-0.39, 0.29) is 11.5 Å². The fourth-order valence-corrected chi connectivity index (χ4v) is 5.25. The molecular weight excluding hydrogens is 450 g/mol. The number of carbonyl (C=O) groups excluding carboxylic acids is 1. The molecule has 1 saturated heterocycles. The second-order valence-corrected chi connectivity index (χ2v) is 9.33. The summed E-state index contributed by atoms with van der Waals surface area (Å²) in [5.74, 6) is 0.0477. The summed E-state index contributed by atoms with van der Waals surface area (Å²) in [6.07, 6.45) is 2.31. The van der Waals surface area contributed by atoms with Gasteiger partial charge in [-0.3, -0.25) is 9.59 Å². The number of para-hydroxylation sites is 1. The molecule has 0 N–H and O–H groups in total. The van der Waals surface area contributed by atoms with Crippen molar-refractivity contribution in [3.8, 4) is 0 Å². The normalized spacial score (nSPS) is 15.3. The van der Waals surface area contributed by atoms with E-state index in [1.165, 1.54) is 10.2 Å². The Hall–Kier alpha value is -3.32. The molecule has 1 aliphatic rings. The van der Waals surface area contributed by atoms with Gasteiger partial charge < -0.3 is 14.4 Å². The molecule has 1 atom stereocenters. The highest BCUT2D eigenvalue weighted by atomic mass is 35.5. The largest absolute Gasteiger partial charge is 0.368 e. The van der Waals surface area contributed by atoms with Crippen LogP contribution < -0.4 is 10.5 Å². The van der Waals surface area contributed by atoms with Crippen LogP contribution >= 0.6 is 11.6 Å². The highest BCUT2D eigenvalue weighted by Crippen LogP contribution is 2.32. The molecule has 4 aromatic rings. The summed E-state index contributed by atoms with van der Waals surface area (Å²) < 4.78 is 3.27. The Bertz CT molecular complexity index is 1450. The van der Waals surface area contributed by atoms with Crippen LogP contribution in [0.3, 0.4) is 0 Å². The van der Waals surface area contributed by atoms with E-state index in [0.717, 1.165) is 35.1 Å². The van der Waals surface area contributed by atoms with Crippen LogP contribution in [0.25, 0.3) is 21.8 Å². The van der Waals surface area contributed by atoms with Crippen molar-refractivity contribution in [1.82, 2.24) is 19.2 Å². The lowest BCUT2D eigenvalue weighted by atomic mass is 10.1. The standard InChI is InChI=1S/C26H28ClN5O2/c1-4-21(25(33)31-13-11-30(12-14-31)23-15-18(27)10-9-17(23)2)32-22-8-6-5-7-19(22)20-16-28-29(3)26(34)24(20)32/h5-10,15-16,21H,4,11-14H2,1-3H3. The topological polar surface area (TPSA) is 63.4 Å². The highest BCUT2D eigenvalue weighted by Gasteiger charge is 2.31. The molecular formula is C26H28ClN5O2. The van der Waals surface area contributed by atoms with Gasteiger partial charge in [0.2, 0.25) is 5.91 Å². The van der Waals surface area contributed by atoms with Gasteiger partial charge in [0.25, 0.3) is 5.56 Å². The number of nitrogens with zero attached hydrogens (tertiary/aromatic N) is 5. The summed E-state index contributed by atoms with van der Waals surface area (Å²) in [5, 5.41) is 6.66. The molecule has 34 heavy (non-hydrogen) atoms. The minimum absolute atomic E-state index is 0.0477. The zero-order valence-corrected chi connectivity index (χ0v) is 20.4. The van der Waals surface area contributed by atoms with Gasteiger partial charge >= 0.3 is 0 Å². The first-order chi connectivity index (χ1) is 16.4. The van der Waals surface area contributed by atoms with Crippen molar-refractivity contribution in [1.29, 1.82) is 0 Å². The monoisotopic (exact) mass is 477 g/mol. The third kappa shape index (κ3) is 3.64. The zero-order valence-electron chi connectivity index (χ0n) is 19.7. The SMILES string of the molecule is CCC(C(=O)N1CCN(c2cc(Cl)ccc2C)CC1)n1c2ccccc2c2cnn(C)c(=O)c21. The first-order valence-electron chi connectivity index (χ1n) is 11.7. The van der Waals surface area contributed by atoms with Crippen LogP contribution in [-0.2, 0) is 11.8 Å². The van der Waals surface area contributed by atoms with Crippen LogP contribution in [0.15, 0.2) is 53.5 Å². The van der Waals surface area contributed by atoms with E-state index in [1.807, 2.05) is 58.9 Å². The van der Waals surface area contributed by atoms with Gasteiger partial charge in [-0.2, -0.15) is 5.10 Å². The van der Waals surface area contributed by atoms with E-state index < -0.39 is 6.04 Å². The van der Waals surface area contributed by atoms with Crippen molar-refractivity contribution in [3.05, 3.63) is 69.6 Å². The van der Waals surface area contributed by atoms with Gasteiger partial charge in [0, 0.05) is 54.7 Å². The van der Waals surface area contributed by atoms with Crippen LogP contribution in [0.4, 0.5) is 5.69 Å². The van der Waals surface area contributed by atoms with E-state index >= 15 is 0 Å². The lowest BCUT2D eigenvalue weighted by Crippen LogP contribution is -2.50. The molecule has 8 heteroatoms. The molecule has 176 valence electrons. The van der Waals surface area contributed by atoms with Gasteiger partial charge in [0.15, 0.2) is 0 Å². The van der Waals surface area contributed by atoms with Gasteiger partial charge in [0.05, 0.1) is 11.7 Å². The summed E-state index contributed by atoms with van der Waals surface area (Å²) in [6.45, 7) is 6.80. The molecule has 0 spiro atoms. The Morgan fingerprint density at radius 3 is 2.56 bits per heavy atom. The predicted octanol–water partition coefficient (Wildman–Crippen LogP) is 4.15. The number of amides is 1. The Morgan fingerprint density at radius 1 is 1.09 bits per heavy atom. The molecule has 0 bridgehead atoms. The summed E-state index contributed by atoms with van der Waals surface area (Å²) in [4.78, 5) is 31.2. The van der Waals surface area contributed by atoms with E-state index in [0.29, 0.717) is 30.0 Å². The molecule has 1 aliphatic heterocycles. The van der Waals surface area contributed by atoms with E-state index in [9.17, 15) is 9.59 Å². The van der Waals surface area contributed by atoms with Crippen LogP contribution in [0.1, 0.15) is 24.9 Å². The van der Waals surface area contributed by atoms with Gasteiger partial charge in [-0.15, -0.1) is 0 Å². The number of anilines is 1. The highest BCUT2D eigenvalue weighted by molar-refractivity contribution is 6.30. The number of halogens is 1. The summed E-state index contributed by atoms with van der Waals surface area (Å²) in [5.41, 5.74) is 3.51. The number of hydrogen-bond acceptors (Lipinski definition) is 4. The van der Waals surface area contributed by atoms with E-state index in [1.54, 1.807) is 13.2 Å². The molecule has 1 fully saturated rings. The lowest BCUT2D eigenvalue weighted by molar-refractivity contribution is -0.135. The third-order valence-corrected chi connectivity index (χ3v) is 7.13. The molecule has 7 nitrogen and oxygen atoms in total. The number of rotatable bonds is 4. The first kappa shape index (κ1) is 22.5. The van der Waals surface area contributed by atoms with Crippen LogP contribution in [-0.4, -0.2) is 51.3 Å². The molecule has 2 aromatic heterocycles. The number of piperazine rings is 1. The smallest absolute Gasteiger partial charge is 0.291 e. The van der Waals surface area contributed by atoms with Crippen molar-refractivity contribution in [2.75, 3.05) is 31.1 Å². The van der Waals surface area contributed by atoms with Crippen molar-refractivity contribution in [3.63, 3.8) is 0 Å². The number of carbonyl (C=O) groups is 1. The van der Waals surface area contributed by atoms with Crippen molar-refractivity contribution < 1.29 is 4.79 Å². The number of aryl methyl sites for hydroxylation is 2. The molecule has 1 unspecified atom stereocenters. The third-order valence-electron chi connectivity index (χ3n) is 6.89. The molecule has 0 radical (unpaired) electrons. The maximum absolute atomic E-state index is 13.8. The number of benzene rings is 2. The van der Waals surface area contributed by atoms with Gasteiger partial charge in [0.1, 0.15) is 11.6 Å². The second-order valence-electron chi connectivity index (χ2n) is 8.89. The Labute approximate surface area is 203 Å². The zero-order chi connectivity index (χ0) is 24.0. The molecule has 0 saturated carbocycles. The molecule has 1 amide bonds. The second kappa shape index (κ2) is 8.80. The quantitative estimate of drug-likeness (QED) is 0.443. The van der Waals surface area contributed by atoms with Crippen molar-refractivity contribution in [2.45, 2.75) is 26.3 Å². The minimum Gasteiger partial charge on any atom is -0.368 e. The number of hydrogen-bond donors (Lipinski definition) is 0. The van der Waals surface area contributed by atoms with Crippen molar-refractivity contribution in [2.24, 2.45) is 7.05 Å². The average Bonchev–Trinajstić information content (AvgIpc) is 3.18. The summed E-state index contributed by atoms with van der Waals surface area (Å²) in [6, 6.07) is 13.3. The fraction of sp³-hybridized carbons (Fsp3) is 0.346. The lowest BCUT2D eigenvalue weighted by Gasteiger charge is -2.38. The average molecular weight is 478 g/mol. The molecule has 2 aromatic carbocycles. The maximum Gasteiger partial charge on any atom is 0.291 e. The van der Waals surface area contributed by atoms with E-state index in [4.69, 9.17) is 11.6 Å². The first-order valence-corrected chi connectivity index (χ1v) is 12.0. The van der Waals surface area contributed by atoms with Gasteiger partial charge in [-0.05, 0) is 37.1 Å². The number of fused-ring (bicyclic) bond motifs is 3. The Kier molecular flexibility index (Phi) is 5.81. The Balaban J connectivity index is 1.48. The minimum atomic E-state index is -0.461. The van der Waals surface area contributed by atoms with Crippen molar-refractivity contribution >= 4 is 45.0 Å². The molecule has 0 aliphatic carbocycles. The van der Waals surface area contributed by atoms with Crippen LogP contribution in [0.5, 0.6) is 0 Å². The van der Waals surface area contributed by atoms with Crippen LogP contribution in [0.2, 0.25) is 5.02 Å². The maximum atomic E-state index is 13.8. The van der Waals surface area contributed by atoms with Gasteiger partial charge in [-0.1, -0.05) is 42.8 Å². The van der Waals surface area contributed by atoms with Gasteiger partial charge in [-0.25, -0.2) is 4.68 Å². The predicted molar refractivity (Wildman–Crippen MR) is 137 cm³/mol.